The van der Waals surface area contributed by atoms with Crippen molar-refractivity contribution in [2.75, 3.05) is 6.54 Å². The Morgan fingerprint density at radius 3 is 2.43 bits per heavy atom. The molecule has 0 aromatic heterocycles. The Balaban J connectivity index is 1.79. The second kappa shape index (κ2) is 10.5. The molecule has 2 rings (SSSR count). The summed E-state index contributed by atoms with van der Waals surface area (Å²) >= 11 is 5.78. The van der Waals surface area contributed by atoms with Gasteiger partial charge in [0.15, 0.2) is 6.10 Å². The van der Waals surface area contributed by atoms with Gasteiger partial charge >= 0.3 is 5.97 Å². The van der Waals surface area contributed by atoms with Crippen molar-refractivity contribution in [3.8, 4) is 0 Å². The molecule has 162 valence electrons. The number of hydrogen-bond donors (Lipinski definition) is 2. The number of benzene rings is 2. The van der Waals surface area contributed by atoms with E-state index >= 15 is 0 Å². The number of ether oxygens (including phenoxy) is 1. The maximum Gasteiger partial charge on any atom is 0.307 e. The molecule has 2 unspecified atom stereocenters. The van der Waals surface area contributed by atoms with Crippen LogP contribution < -0.4 is 10.0 Å². The zero-order chi connectivity index (χ0) is 22.3. The maximum absolute atomic E-state index is 13.0. The molecule has 1 amide bonds. The van der Waals surface area contributed by atoms with E-state index in [2.05, 4.69) is 10.0 Å². The highest BCUT2D eigenvalue weighted by molar-refractivity contribution is 7.89. The van der Waals surface area contributed by atoms with Gasteiger partial charge in [-0.2, -0.15) is 0 Å². The van der Waals surface area contributed by atoms with E-state index in [0.29, 0.717) is 5.56 Å². The summed E-state index contributed by atoms with van der Waals surface area (Å²) in [5.74, 6) is -1.65. The van der Waals surface area contributed by atoms with Crippen LogP contribution in [0.1, 0.15) is 31.9 Å². The van der Waals surface area contributed by atoms with Gasteiger partial charge in [0.25, 0.3) is 5.91 Å². The minimum Gasteiger partial charge on any atom is -0.453 e. The predicted molar refractivity (Wildman–Crippen MR) is 110 cm³/mol. The lowest BCUT2D eigenvalue weighted by atomic mass is 10.1. The lowest BCUT2D eigenvalue weighted by molar-refractivity contribution is -0.154. The highest BCUT2D eigenvalue weighted by atomic mass is 35.5. The molecule has 10 heteroatoms. The molecular formula is C20H22ClFN2O5S. The van der Waals surface area contributed by atoms with Crippen LogP contribution in [0, 0.1) is 5.82 Å². The standard InChI is InChI=1S/C20H22ClFN2O5S/c1-13(15-6-8-17(22)9-7-15)24-20(26)14(2)29-19(25)10-11-23-30(27,28)18-5-3-4-16(21)12-18/h3-9,12-14,23H,10-11H2,1-2H3,(H,24,26). The molecule has 2 atom stereocenters. The predicted octanol–water partition coefficient (Wildman–Crippen LogP) is 2.96. The molecule has 0 radical (unpaired) electrons. The Kier molecular flexibility index (Phi) is 8.33. The Hall–Kier alpha value is -2.49. The third kappa shape index (κ3) is 7.08. The molecule has 0 aliphatic rings. The number of rotatable bonds is 9. The quantitative estimate of drug-likeness (QED) is 0.565. The molecule has 0 saturated heterocycles. The Labute approximate surface area is 179 Å². The highest BCUT2D eigenvalue weighted by Crippen LogP contribution is 2.15. The van der Waals surface area contributed by atoms with Gasteiger partial charge in [-0.15, -0.1) is 0 Å². The molecule has 2 aromatic carbocycles. The van der Waals surface area contributed by atoms with Crippen LogP contribution >= 0.6 is 11.6 Å². The smallest absolute Gasteiger partial charge is 0.307 e. The Morgan fingerprint density at radius 1 is 1.13 bits per heavy atom. The molecule has 0 fully saturated rings. The van der Waals surface area contributed by atoms with Crippen molar-refractivity contribution in [3.63, 3.8) is 0 Å². The first kappa shape index (κ1) is 23.8. The lowest BCUT2D eigenvalue weighted by Crippen LogP contribution is -2.37. The van der Waals surface area contributed by atoms with E-state index in [1.807, 2.05) is 0 Å². The van der Waals surface area contributed by atoms with E-state index in [9.17, 15) is 22.4 Å². The lowest BCUT2D eigenvalue weighted by Gasteiger charge is -2.18. The number of halogens is 2. The van der Waals surface area contributed by atoms with Gasteiger partial charge in [-0.1, -0.05) is 29.8 Å². The van der Waals surface area contributed by atoms with Crippen LogP contribution in [0.2, 0.25) is 5.02 Å². The molecule has 0 saturated carbocycles. The Bertz CT molecular complexity index is 999. The molecule has 30 heavy (non-hydrogen) atoms. The van der Waals surface area contributed by atoms with Gasteiger partial charge in [-0.3, -0.25) is 9.59 Å². The average molecular weight is 457 g/mol. The van der Waals surface area contributed by atoms with Gasteiger partial charge in [-0.05, 0) is 49.7 Å². The van der Waals surface area contributed by atoms with Crippen molar-refractivity contribution < 1.29 is 27.1 Å². The fourth-order valence-electron chi connectivity index (χ4n) is 2.48. The maximum atomic E-state index is 13.0. The molecule has 7 nitrogen and oxygen atoms in total. The number of amides is 1. The van der Waals surface area contributed by atoms with Crippen LogP contribution in [-0.4, -0.2) is 32.9 Å². The molecule has 2 N–H and O–H groups in total. The zero-order valence-corrected chi connectivity index (χ0v) is 18.0. The summed E-state index contributed by atoms with van der Waals surface area (Å²) in [6.07, 6.45) is -1.34. The normalized spacial score (nSPS) is 13.3. The molecule has 0 heterocycles. The van der Waals surface area contributed by atoms with Crippen molar-refractivity contribution in [1.82, 2.24) is 10.0 Å². The van der Waals surface area contributed by atoms with E-state index in [-0.39, 0.29) is 28.7 Å². The van der Waals surface area contributed by atoms with Gasteiger partial charge in [-0.25, -0.2) is 17.5 Å². The van der Waals surface area contributed by atoms with E-state index in [1.54, 1.807) is 25.1 Å². The minimum absolute atomic E-state index is 0.0223. The average Bonchev–Trinajstić information content (AvgIpc) is 2.68. The van der Waals surface area contributed by atoms with Crippen LogP contribution in [0.5, 0.6) is 0 Å². The summed E-state index contributed by atoms with van der Waals surface area (Å²) in [7, 11) is -3.82. The Morgan fingerprint density at radius 2 is 1.80 bits per heavy atom. The minimum atomic E-state index is -3.82. The summed E-state index contributed by atoms with van der Waals surface area (Å²) in [5.41, 5.74) is 0.693. The molecule has 0 spiro atoms. The number of carbonyl (C=O) groups is 2. The first-order chi connectivity index (χ1) is 14.1. The fourth-order valence-corrected chi connectivity index (χ4v) is 3.81. The van der Waals surface area contributed by atoms with E-state index in [1.165, 1.54) is 37.3 Å². The monoisotopic (exact) mass is 456 g/mol. The summed E-state index contributed by atoms with van der Waals surface area (Å²) in [6, 6.07) is 10.9. The zero-order valence-electron chi connectivity index (χ0n) is 16.4. The second-order valence-corrected chi connectivity index (χ2v) is 8.72. The van der Waals surface area contributed by atoms with Crippen LogP contribution in [0.4, 0.5) is 4.39 Å². The van der Waals surface area contributed by atoms with Gasteiger partial charge in [0.05, 0.1) is 17.4 Å². The second-order valence-electron chi connectivity index (χ2n) is 6.52. The van der Waals surface area contributed by atoms with Crippen LogP contribution in [0.25, 0.3) is 0 Å². The van der Waals surface area contributed by atoms with Crippen molar-refractivity contribution in [2.45, 2.75) is 37.3 Å². The van der Waals surface area contributed by atoms with Crippen molar-refractivity contribution in [2.24, 2.45) is 0 Å². The van der Waals surface area contributed by atoms with Crippen molar-refractivity contribution in [1.29, 1.82) is 0 Å². The summed E-state index contributed by atoms with van der Waals surface area (Å²) < 4.78 is 44.6. The molecule has 0 aliphatic carbocycles. The first-order valence-electron chi connectivity index (χ1n) is 9.09. The summed E-state index contributed by atoms with van der Waals surface area (Å²) in [6.45, 7) is 2.92. The number of esters is 1. The fraction of sp³-hybridized carbons (Fsp3) is 0.300. The number of sulfonamides is 1. The topological polar surface area (TPSA) is 102 Å². The third-order valence-corrected chi connectivity index (χ3v) is 5.83. The van der Waals surface area contributed by atoms with Crippen LogP contribution in [-0.2, 0) is 24.3 Å². The van der Waals surface area contributed by atoms with Crippen LogP contribution in [0.3, 0.4) is 0 Å². The molecular weight excluding hydrogens is 435 g/mol. The molecule has 0 aliphatic heterocycles. The van der Waals surface area contributed by atoms with Gasteiger partial charge in [0.2, 0.25) is 10.0 Å². The number of carbonyl (C=O) groups excluding carboxylic acids is 2. The molecule has 0 bridgehead atoms. The van der Waals surface area contributed by atoms with Gasteiger partial charge in [0.1, 0.15) is 5.82 Å². The number of hydrogen-bond acceptors (Lipinski definition) is 5. The van der Waals surface area contributed by atoms with Gasteiger partial charge < -0.3 is 10.1 Å². The van der Waals surface area contributed by atoms with Crippen molar-refractivity contribution >= 4 is 33.5 Å². The highest BCUT2D eigenvalue weighted by Gasteiger charge is 2.21. The number of nitrogens with one attached hydrogen (secondary N) is 2. The third-order valence-electron chi connectivity index (χ3n) is 4.13. The molecule has 2 aromatic rings. The van der Waals surface area contributed by atoms with Crippen molar-refractivity contribution in [3.05, 3.63) is 64.9 Å². The first-order valence-corrected chi connectivity index (χ1v) is 10.9. The van der Waals surface area contributed by atoms with E-state index in [0.717, 1.165) is 0 Å². The summed E-state index contributed by atoms with van der Waals surface area (Å²) in [5, 5.41) is 2.94. The van der Waals surface area contributed by atoms with Gasteiger partial charge in [0, 0.05) is 11.6 Å². The summed E-state index contributed by atoms with van der Waals surface area (Å²) in [4.78, 5) is 24.1. The van der Waals surface area contributed by atoms with Crippen LogP contribution in [0.15, 0.2) is 53.4 Å². The van der Waals surface area contributed by atoms with E-state index < -0.39 is 34.0 Å². The largest absolute Gasteiger partial charge is 0.453 e. The van der Waals surface area contributed by atoms with E-state index in [4.69, 9.17) is 16.3 Å². The SMILES string of the molecule is CC(OC(=O)CCNS(=O)(=O)c1cccc(Cl)c1)C(=O)NC(C)c1ccc(F)cc1.